The van der Waals surface area contributed by atoms with Gasteiger partial charge in [-0.25, -0.2) is 0 Å². The van der Waals surface area contributed by atoms with Gasteiger partial charge >= 0.3 is 0 Å². The van der Waals surface area contributed by atoms with Crippen LogP contribution in [-0.4, -0.2) is 5.25 Å². The number of thiol groups is 1. The molecule has 0 bridgehead atoms. The van der Waals surface area contributed by atoms with Gasteiger partial charge in [0.05, 0.1) is 0 Å². The van der Waals surface area contributed by atoms with Crippen LogP contribution in [0.15, 0.2) is 0 Å². The summed E-state index contributed by atoms with van der Waals surface area (Å²) in [5, 5.41) is 0.714. The molecule has 0 aromatic heterocycles. The van der Waals surface area contributed by atoms with E-state index in [0.29, 0.717) is 5.25 Å². The van der Waals surface area contributed by atoms with Gasteiger partial charge in [-0.2, -0.15) is 12.6 Å². The first-order chi connectivity index (χ1) is 7.58. The molecule has 96 valence electrons. The predicted molar refractivity (Wildman–Crippen MR) is 77.2 cm³/mol. The van der Waals surface area contributed by atoms with Crippen molar-refractivity contribution in [2.24, 2.45) is 17.8 Å². The highest BCUT2D eigenvalue weighted by molar-refractivity contribution is 7.80. The summed E-state index contributed by atoms with van der Waals surface area (Å²) in [5.74, 6) is 3.01. The van der Waals surface area contributed by atoms with Gasteiger partial charge < -0.3 is 0 Å². The molecule has 1 heteroatoms. The zero-order valence-corrected chi connectivity index (χ0v) is 12.3. The zero-order valence-electron chi connectivity index (χ0n) is 11.4. The molecule has 0 saturated heterocycles. The van der Waals surface area contributed by atoms with Crippen LogP contribution >= 0.6 is 12.6 Å². The minimum atomic E-state index is 0.714. The molecule has 16 heavy (non-hydrogen) atoms. The molecule has 0 nitrogen and oxygen atoms in total. The first kappa shape index (κ1) is 14.4. The Kier molecular flexibility index (Phi) is 6.87. The lowest BCUT2D eigenvalue weighted by Gasteiger charge is -2.22. The lowest BCUT2D eigenvalue weighted by Crippen LogP contribution is -2.11. The van der Waals surface area contributed by atoms with E-state index in [-0.39, 0.29) is 0 Å². The van der Waals surface area contributed by atoms with Crippen molar-refractivity contribution in [3.05, 3.63) is 0 Å². The smallest absolute Gasteiger partial charge is 0.00170 e. The van der Waals surface area contributed by atoms with Gasteiger partial charge in [-0.3, -0.25) is 0 Å². The Labute approximate surface area is 108 Å². The second-order valence-corrected chi connectivity index (χ2v) is 7.01. The molecule has 0 amide bonds. The summed E-state index contributed by atoms with van der Waals surface area (Å²) in [5.41, 5.74) is 0. The van der Waals surface area contributed by atoms with Crippen LogP contribution in [0.4, 0.5) is 0 Å². The second-order valence-electron chi connectivity index (χ2n) is 6.28. The van der Waals surface area contributed by atoms with Crippen LogP contribution in [0, 0.1) is 17.8 Å². The highest BCUT2D eigenvalue weighted by Crippen LogP contribution is 2.27. The van der Waals surface area contributed by atoms with Gasteiger partial charge in [0, 0.05) is 5.25 Å². The zero-order chi connectivity index (χ0) is 12.0. The molecule has 0 aliphatic heterocycles. The third-order valence-electron chi connectivity index (χ3n) is 4.29. The predicted octanol–water partition coefficient (Wildman–Crippen LogP) is 5.33. The average Bonchev–Trinajstić information content (AvgIpc) is 2.28. The fourth-order valence-corrected chi connectivity index (χ4v) is 2.97. The number of hydrogen-bond donors (Lipinski definition) is 1. The number of hydrogen-bond acceptors (Lipinski definition) is 1. The van der Waals surface area contributed by atoms with Crippen molar-refractivity contribution < 1.29 is 0 Å². The Morgan fingerprint density at radius 1 is 0.562 bits per heavy atom. The van der Waals surface area contributed by atoms with Gasteiger partial charge in [0.15, 0.2) is 0 Å². The largest absolute Gasteiger partial charge is 0.176 e. The van der Waals surface area contributed by atoms with Crippen LogP contribution in [-0.2, 0) is 0 Å². The Balaban J connectivity index is 0.000000160. The van der Waals surface area contributed by atoms with Crippen LogP contribution in [0.5, 0.6) is 0 Å². The summed E-state index contributed by atoms with van der Waals surface area (Å²) in [6.45, 7) is 7.07. The maximum atomic E-state index is 4.40. The molecular weight excluding hydrogens is 212 g/mol. The normalized spacial score (nSPS) is 39.8. The second kappa shape index (κ2) is 7.63. The fraction of sp³-hybridized carbons (Fsp3) is 1.00. The molecule has 0 heterocycles. The van der Waals surface area contributed by atoms with Crippen molar-refractivity contribution >= 4 is 12.6 Å². The Morgan fingerprint density at radius 3 is 1.06 bits per heavy atom. The van der Waals surface area contributed by atoms with Gasteiger partial charge in [-0.05, 0) is 43.4 Å². The topological polar surface area (TPSA) is 0 Å². The molecule has 2 rings (SSSR count). The van der Waals surface area contributed by atoms with Gasteiger partial charge in [0.1, 0.15) is 0 Å². The van der Waals surface area contributed by atoms with Gasteiger partial charge in [-0.15, -0.1) is 0 Å². The van der Waals surface area contributed by atoms with Crippen molar-refractivity contribution in [3.63, 3.8) is 0 Å². The maximum absolute atomic E-state index is 4.40. The average molecular weight is 242 g/mol. The van der Waals surface area contributed by atoms with E-state index in [1.54, 1.807) is 0 Å². The fourth-order valence-electron chi connectivity index (χ4n) is 2.67. The van der Waals surface area contributed by atoms with Crippen LogP contribution in [0.2, 0.25) is 0 Å². The first-order valence-corrected chi connectivity index (χ1v) is 7.77. The summed E-state index contributed by atoms with van der Waals surface area (Å²) in [4.78, 5) is 0. The monoisotopic (exact) mass is 242 g/mol. The minimum absolute atomic E-state index is 0.714. The molecule has 2 fully saturated rings. The van der Waals surface area contributed by atoms with Crippen LogP contribution < -0.4 is 0 Å². The van der Waals surface area contributed by atoms with Crippen molar-refractivity contribution in [1.29, 1.82) is 0 Å². The first-order valence-electron chi connectivity index (χ1n) is 7.26. The third kappa shape index (κ3) is 6.18. The standard InChI is InChI=1S/C8H16.C7H14S/c1-7-3-5-8(2)6-4-7;1-6-2-4-7(8)5-3-6/h7-8H,3-6H2,1-2H3;6-8H,2-5H2,1H3. The molecule has 0 radical (unpaired) electrons. The summed E-state index contributed by atoms with van der Waals surface area (Å²) in [6.07, 6.45) is 11.4. The molecule has 0 aromatic rings. The van der Waals surface area contributed by atoms with E-state index in [1.165, 1.54) is 51.4 Å². The van der Waals surface area contributed by atoms with E-state index in [2.05, 4.69) is 33.4 Å². The molecule has 2 aliphatic rings. The summed E-state index contributed by atoms with van der Waals surface area (Å²) >= 11 is 4.40. The maximum Gasteiger partial charge on any atom is 0.00170 e. The van der Waals surface area contributed by atoms with Crippen LogP contribution in [0.3, 0.4) is 0 Å². The molecule has 0 atom stereocenters. The highest BCUT2D eigenvalue weighted by atomic mass is 32.1. The lowest BCUT2D eigenvalue weighted by atomic mass is 9.84. The molecule has 0 spiro atoms. The van der Waals surface area contributed by atoms with Crippen molar-refractivity contribution in [3.8, 4) is 0 Å². The van der Waals surface area contributed by atoms with E-state index >= 15 is 0 Å². The van der Waals surface area contributed by atoms with Crippen LogP contribution in [0.1, 0.15) is 72.1 Å². The molecule has 0 N–H and O–H groups in total. The summed E-state index contributed by atoms with van der Waals surface area (Å²) in [7, 11) is 0. The molecule has 2 saturated carbocycles. The Hall–Kier alpha value is 0.350. The van der Waals surface area contributed by atoms with Gasteiger partial charge in [0.25, 0.3) is 0 Å². The van der Waals surface area contributed by atoms with Crippen molar-refractivity contribution in [2.75, 3.05) is 0 Å². The minimum Gasteiger partial charge on any atom is -0.176 e. The third-order valence-corrected chi connectivity index (χ3v) is 4.81. The highest BCUT2D eigenvalue weighted by Gasteiger charge is 2.14. The van der Waals surface area contributed by atoms with E-state index in [0.717, 1.165) is 17.8 Å². The van der Waals surface area contributed by atoms with E-state index in [4.69, 9.17) is 0 Å². The summed E-state index contributed by atoms with van der Waals surface area (Å²) < 4.78 is 0. The lowest BCUT2D eigenvalue weighted by molar-refractivity contribution is 0.308. The molecule has 0 unspecified atom stereocenters. The van der Waals surface area contributed by atoms with Crippen molar-refractivity contribution in [2.45, 2.75) is 77.4 Å². The van der Waals surface area contributed by atoms with E-state index in [9.17, 15) is 0 Å². The van der Waals surface area contributed by atoms with E-state index < -0.39 is 0 Å². The van der Waals surface area contributed by atoms with Crippen molar-refractivity contribution in [1.82, 2.24) is 0 Å². The molecule has 0 aromatic carbocycles. The van der Waals surface area contributed by atoms with Gasteiger partial charge in [-0.1, -0.05) is 46.5 Å². The number of rotatable bonds is 0. The summed E-state index contributed by atoms with van der Waals surface area (Å²) in [6, 6.07) is 0. The Bertz CT molecular complexity index is 122. The van der Waals surface area contributed by atoms with Gasteiger partial charge in [0.2, 0.25) is 0 Å². The Morgan fingerprint density at radius 2 is 0.812 bits per heavy atom. The van der Waals surface area contributed by atoms with E-state index in [1.807, 2.05) is 0 Å². The molecule has 2 aliphatic carbocycles. The quantitative estimate of drug-likeness (QED) is 0.546. The SMILES string of the molecule is CC1CCC(C)CC1.CC1CCC(S)CC1. The van der Waals surface area contributed by atoms with Crippen LogP contribution in [0.25, 0.3) is 0 Å². The molecular formula is C15H30S.